The quantitative estimate of drug-likeness (QED) is 0.802. The van der Waals surface area contributed by atoms with Gasteiger partial charge in [0, 0.05) is 11.1 Å². The van der Waals surface area contributed by atoms with E-state index in [1.807, 2.05) is 19.1 Å². The van der Waals surface area contributed by atoms with Gasteiger partial charge in [0.1, 0.15) is 0 Å². The van der Waals surface area contributed by atoms with Crippen molar-refractivity contribution in [2.75, 3.05) is 6.61 Å². The van der Waals surface area contributed by atoms with Crippen LogP contribution in [0, 0.1) is 6.92 Å². The predicted octanol–water partition coefficient (Wildman–Crippen LogP) is 2.29. The summed E-state index contributed by atoms with van der Waals surface area (Å²) in [6, 6.07) is 6.14. The summed E-state index contributed by atoms with van der Waals surface area (Å²) in [5, 5.41) is 8.66. The average Bonchev–Trinajstić information content (AvgIpc) is 1.98. The average molecular weight is 215 g/mol. The molecule has 1 rings (SSSR count). The molecule has 2 heteroatoms. The largest absolute Gasteiger partial charge is 0.396 e. The van der Waals surface area contributed by atoms with Crippen LogP contribution in [-0.2, 0) is 6.42 Å². The summed E-state index contributed by atoms with van der Waals surface area (Å²) in [5.74, 6) is 0. The summed E-state index contributed by atoms with van der Waals surface area (Å²) < 4.78 is 1.11. The van der Waals surface area contributed by atoms with Crippen molar-refractivity contribution in [2.45, 2.75) is 13.3 Å². The molecule has 11 heavy (non-hydrogen) atoms. The van der Waals surface area contributed by atoms with Crippen molar-refractivity contribution in [3.63, 3.8) is 0 Å². The topological polar surface area (TPSA) is 20.2 Å². The molecule has 0 unspecified atom stereocenters. The van der Waals surface area contributed by atoms with Gasteiger partial charge in [0.05, 0.1) is 0 Å². The number of aliphatic hydroxyl groups is 1. The fraction of sp³-hybridized carbons (Fsp3) is 0.333. The summed E-state index contributed by atoms with van der Waals surface area (Å²) in [6.07, 6.45) is 0.735. The lowest BCUT2D eigenvalue weighted by molar-refractivity contribution is 0.299. The number of benzene rings is 1. The SMILES string of the molecule is Cc1ccc(CCO)cc1Br. The number of aryl methyl sites for hydroxylation is 1. The van der Waals surface area contributed by atoms with E-state index in [4.69, 9.17) is 5.11 Å². The molecule has 0 aliphatic carbocycles. The van der Waals surface area contributed by atoms with Gasteiger partial charge in [-0.25, -0.2) is 0 Å². The second-order valence-electron chi connectivity index (χ2n) is 2.56. The molecule has 0 atom stereocenters. The van der Waals surface area contributed by atoms with Crippen molar-refractivity contribution in [3.8, 4) is 0 Å². The highest BCUT2D eigenvalue weighted by molar-refractivity contribution is 9.10. The summed E-state index contributed by atoms with van der Waals surface area (Å²) in [5.41, 5.74) is 2.40. The normalized spacial score (nSPS) is 10.1. The Labute approximate surface area is 75.2 Å². The number of hydrogen-bond acceptors (Lipinski definition) is 1. The molecule has 0 bridgehead atoms. The lowest BCUT2D eigenvalue weighted by Crippen LogP contribution is -1.90. The highest BCUT2D eigenvalue weighted by Gasteiger charge is 1.95. The van der Waals surface area contributed by atoms with Gasteiger partial charge < -0.3 is 5.11 Å². The molecule has 60 valence electrons. The molecule has 1 nitrogen and oxygen atoms in total. The van der Waals surface area contributed by atoms with E-state index in [0.29, 0.717) is 0 Å². The summed E-state index contributed by atoms with van der Waals surface area (Å²) in [6.45, 7) is 2.27. The van der Waals surface area contributed by atoms with Gasteiger partial charge in [-0.05, 0) is 30.5 Å². The summed E-state index contributed by atoms with van der Waals surface area (Å²) in [4.78, 5) is 0. The van der Waals surface area contributed by atoms with E-state index in [1.54, 1.807) is 0 Å². The molecule has 0 saturated heterocycles. The van der Waals surface area contributed by atoms with E-state index in [9.17, 15) is 0 Å². The van der Waals surface area contributed by atoms with Crippen LogP contribution >= 0.6 is 15.9 Å². The van der Waals surface area contributed by atoms with Crippen LogP contribution in [0.1, 0.15) is 11.1 Å². The van der Waals surface area contributed by atoms with E-state index in [0.717, 1.165) is 10.9 Å². The molecule has 0 aromatic heterocycles. The molecule has 0 fully saturated rings. The number of aliphatic hydroxyl groups excluding tert-OH is 1. The van der Waals surface area contributed by atoms with E-state index in [2.05, 4.69) is 22.0 Å². The highest BCUT2D eigenvalue weighted by atomic mass is 79.9. The molecule has 0 spiro atoms. The molecule has 0 amide bonds. The minimum absolute atomic E-state index is 0.218. The van der Waals surface area contributed by atoms with Crippen LogP contribution in [0.5, 0.6) is 0 Å². The van der Waals surface area contributed by atoms with Gasteiger partial charge in [0.2, 0.25) is 0 Å². The van der Waals surface area contributed by atoms with Gasteiger partial charge in [-0.1, -0.05) is 28.1 Å². The molecule has 1 N–H and O–H groups in total. The molecule has 1 aromatic carbocycles. The van der Waals surface area contributed by atoms with Crippen LogP contribution < -0.4 is 0 Å². The third-order valence-electron chi connectivity index (χ3n) is 1.64. The molecule has 0 radical (unpaired) electrons. The van der Waals surface area contributed by atoms with E-state index in [-0.39, 0.29) is 6.61 Å². The van der Waals surface area contributed by atoms with Gasteiger partial charge in [0.15, 0.2) is 0 Å². The maximum absolute atomic E-state index is 8.66. The second-order valence-corrected chi connectivity index (χ2v) is 3.41. The van der Waals surface area contributed by atoms with Crippen LogP contribution in [0.3, 0.4) is 0 Å². The van der Waals surface area contributed by atoms with Gasteiger partial charge in [-0.2, -0.15) is 0 Å². The van der Waals surface area contributed by atoms with Crippen molar-refractivity contribution in [1.29, 1.82) is 0 Å². The zero-order valence-electron chi connectivity index (χ0n) is 6.47. The smallest absolute Gasteiger partial charge is 0.0471 e. The fourth-order valence-electron chi connectivity index (χ4n) is 0.921. The number of rotatable bonds is 2. The van der Waals surface area contributed by atoms with Crippen molar-refractivity contribution in [3.05, 3.63) is 33.8 Å². The van der Waals surface area contributed by atoms with Crippen molar-refractivity contribution in [1.82, 2.24) is 0 Å². The zero-order valence-corrected chi connectivity index (χ0v) is 8.06. The van der Waals surface area contributed by atoms with Crippen molar-refractivity contribution >= 4 is 15.9 Å². The Bertz CT molecular complexity index is 245. The van der Waals surface area contributed by atoms with Gasteiger partial charge in [-0.3, -0.25) is 0 Å². The first-order valence-corrected chi connectivity index (χ1v) is 4.39. The minimum atomic E-state index is 0.218. The maximum atomic E-state index is 8.66. The number of hydrogen-bond donors (Lipinski definition) is 1. The summed E-state index contributed by atoms with van der Waals surface area (Å²) >= 11 is 3.43. The first-order chi connectivity index (χ1) is 5.24. The third-order valence-corrected chi connectivity index (χ3v) is 2.49. The standard InChI is InChI=1S/C9H11BrO/c1-7-2-3-8(4-5-11)6-9(7)10/h2-3,6,11H,4-5H2,1H3. The number of halogens is 1. The minimum Gasteiger partial charge on any atom is -0.396 e. The van der Waals surface area contributed by atoms with E-state index >= 15 is 0 Å². The lowest BCUT2D eigenvalue weighted by Gasteiger charge is -2.01. The molecule has 1 aromatic rings. The van der Waals surface area contributed by atoms with Gasteiger partial charge in [-0.15, -0.1) is 0 Å². The van der Waals surface area contributed by atoms with Crippen LogP contribution in [0.4, 0.5) is 0 Å². The fourth-order valence-corrected chi connectivity index (χ4v) is 1.35. The van der Waals surface area contributed by atoms with Crippen LogP contribution in [-0.4, -0.2) is 11.7 Å². The van der Waals surface area contributed by atoms with Crippen LogP contribution in [0.15, 0.2) is 22.7 Å². The Morgan fingerprint density at radius 1 is 1.45 bits per heavy atom. The molecular formula is C9H11BrO. The first kappa shape index (κ1) is 8.75. The molecule has 0 saturated carbocycles. The Hall–Kier alpha value is -0.340. The molecular weight excluding hydrogens is 204 g/mol. The predicted molar refractivity (Wildman–Crippen MR) is 49.7 cm³/mol. The zero-order chi connectivity index (χ0) is 8.27. The Balaban J connectivity index is 2.86. The summed E-state index contributed by atoms with van der Waals surface area (Å²) in [7, 11) is 0. The molecule has 0 aliphatic heterocycles. The molecule has 0 heterocycles. The third kappa shape index (κ3) is 2.31. The highest BCUT2D eigenvalue weighted by Crippen LogP contribution is 2.17. The van der Waals surface area contributed by atoms with Gasteiger partial charge in [0.25, 0.3) is 0 Å². The lowest BCUT2D eigenvalue weighted by atomic mass is 10.1. The van der Waals surface area contributed by atoms with Crippen LogP contribution in [0.25, 0.3) is 0 Å². The first-order valence-electron chi connectivity index (χ1n) is 3.60. The van der Waals surface area contributed by atoms with Crippen molar-refractivity contribution in [2.24, 2.45) is 0 Å². The Morgan fingerprint density at radius 3 is 2.73 bits per heavy atom. The second kappa shape index (κ2) is 3.88. The van der Waals surface area contributed by atoms with Crippen molar-refractivity contribution < 1.29 is 5.11 Å². The van der Waals surface area contributed by atoms with Crippen LogP contribution in [0.2, 0.25) is 0 Å². The Morgan fingerprint density at radius 2 is 2.18 bits per heavy atom. The molecule has 0 aliphatic rings. The Kier molecular flexibility index (Phi) is 3.09. The van der Waals surface area contributed by atoms with E-state index in [1.165, 1.54) is 11.1 Å². The van der Waals surface area contributed by atoms with E-state index < -0.39 is 0 Å². The van der Waals surface area contributed by atoms with Gasteiger partial charge >= 0.3 is 0 Å². The monoisotopic (exact) mass is 214 g/mol. The maximum Gasteiger partial charge on any atom is 0.0471 e.